The number of ketones is 1. The quantitative estimate of drug-likeness (QED) is 0.622. The highest BCUT2D eigenvalue weighted by atomic mass is 35.5. The Hall–Kier alpha value is -1.69. The second-order valence-electron chi connectivity index (χ2n) is 4.84. The second-order valence-corrected chi connectivity index (χ2v) is 6.94. The molecule has 1 aliphatic heterocycles. The third kappa shape index (κ3) is 2.45. The summed E-state index contributed by atoms with van der Waals surface area (Å²) in [4.78, 5) is 39.2. The SMILES string of the molecule is Cc1ccc(C(=O)CN2C(=O)c3cc(Cl)c(Cl)cc3C2=O)s1. The molecule has 3 rings (SSSR count). The maximum absolute atomic E-state index is 12.3. The predicted octanol–water partition coefficient (Wildman–Crippen LogP) is 3.84. The number of rotatable bonds is 3. The molecule has 2 aromatic rings. The molecule has 0 fully saturated rings. The average molecular weight is 354 g/mol. The van der Waals surface area contributed by atoms with Crippen LogP contribution in [0.5, 0.6) is 0 Å². The van der Waals surface area contributed by atoms with E-state index in [0.717, 1.165) is 9.78 Å². The van der Waals surface area contributed by atoms with Crippen LogP contribution in [0.3, 0.4) is 0 Å². The highest BCUT2D eigenvalue weighted by Gasteiger charge is 2.37. The van der Waals surface area contributed by atoms with Crippen molar-refractivity contribution >= 4 is 52.1 Å². The second kappa shape index (κ2) is 5.50. The highest BCUT2D eigenvalue weighted by molar-refractivity contribution is 7.14. The van der Waals surface area contributed by atoms with Gasteiger partial charge in [0.1, 0.15) is 0 Å². The van der Waals surface area contributed by atoms with Crippen molar-refractivity contribution in [2.75, 3.05) is 6.54 Å². The van der Waals surface area contributed by atoms with Crippen LogP contribution in [-0.2, 0) is 0 Å². The van der Waals surface area contributed by atoms with Crippen molar-refractivity contribution in [2.24, 2.45) is 0 Å². The summed E-state index contributed by atoms with van der Waals surface area (Å²) in [5, 5.41) is 0.396. The number of amides is 2. The summed E-state index contributed by atoms with van der Waals surface area (Å²) in [6.45, 7) is 1.59. The molecule has 0 N–H and O–H groups in total. The molecule has 22 heavy (non-hydrogen) atoms. The number of benzene rings is 1. The van der Waals surface area contributed by atoms with Crippen molar-refractivity contribution in [3.05, 3.63) is 55.2 Å². The van der Waals surface area contributed by atoms with E-state index in [1.807, 2.05) is 13.0 Å². The Kier molecular flexibility index (Phi) is 3.80. The molecule has 0 unspecified atom stereocenters. The molecule has 1 aromatic carbocycles. The molecule has 0 saturated heterocycles. The van der Waals surface area contributed by atoms with Gasteiger partial charge in [-0.05, 0) is 31.2 Å². The fourth-order valence-electron chi connectivity index (χ4n) is 2.23. The number of hydrogen-bond acceptors (Lipinski definition) is 4. The number of nitrogens with zero attached hydrogens (tertiary/aromatic N) is 1. The smallest absolute Gasteiger partial charge is 0.262 e. The van der Waals surface area contributed by atoms with Gasteiger partial charge in [-0.3, -0.25) is 19.3 Å². The Morgan fingerprint density at radius 1 is 1.09 bits per heavy atom. The number of hydrogen-bond donors (Lipinski definition) is 0. The fraction of sp³-hybridized carbons (Fsp3) is 0.133. The number of fused-ring (bicyclic) bond motifs is 1. The molecule has 0 saturated carbocycles. The van der Waals surface area contributed by atoms with Crippen LogP contribution in [0.15, 0.2) is 24.3 Å². The lowest BCUT2D eigenvalue weighted by Gasteiger charge is -2.11. The van der Waals surface area contributed by atoms with Crippen molar-refractivity contribution in [1.29, 1.82) is 0 Å². The monoisotopic (exact) mass is 353 g/mol. The summed E-state index contributed by atoms with van der Waals surface area (Å²) in [5.41, 5.74) is 0.351. The van der Waals surface area contributed by atoms with Crippen molar-refractivity contribution in [3.63, 3.8) is 0 Å². The standard InChI is InChI=1S/C15H9Cl2NO3S/c1-7-2-3-13(22-7)12(19)6-18-14(20)8-4-10(16)11(17)5-9(8)15(18)21/h2-5H,6H2,1H3. The zero-order chi connectivity index (χ0) is 16.0. The first kappa shape index (κ1) is 15.2. The Morgan fingerprint density at radius 2 is 1.64 bits per heavy atom. The molecule has 0 radical (unpaired) electrons. The average Bonchev–Trinajstić information content (AvgIpc) is 2.99. The van der Waals surface area contributed by atoms with Gasteiger partial charge >= 0.3 is 0 Å². The Bertz CT molecular complexity index is 787. The summed E-state index contributed by atoms with van der Waals surface area (Å²) in [7, 11) is 0. The normalized spacial score (nSPS) is 13.7. The van der Waals surface area contributed by atoms with Gasteiger partial charge in [-0.1, -0.05) is 23.2 Å². The van der Waals surface area contributed by atoms with Crippen LogP contribution in [0.2, 0.25) is 10.0 Å². The number of carbonyl (C=O) groups excluding carboxylic acids is 3. The fourth-order valence-corrected chi connectivity index (χ4v) is 3.36. The first-order chi connectivity index (χ1) is 10.4. The molecule has 4 nitrogen and oxygen atoms in total. The maximum Gasteiger partial charge on any atom is 0.262 e. The van der Waals surface area contributed by atoms with Crippen LogP contribution in [0, 0.1) is 6.92 Å². The zero-order valence-corrected chi connectivity index (χ0v) is 13.7. The summed E-state index contributed by atoms with van der Waals surface area (Å²) >= 11 is 13.1. The van der Waals surface area contributed by atoms with Crippen molar-refractivity contribution in [1.82, 2.24) is 4.90 Å². The Morgan fingerprint density at radius 3 is 2.09 bits per heavy atom. The highest BCUT2D eigenvalue weighted by Crippen LogP contribution is 2.31. The summed E-state index contributed by atoms with van der Waals surface area (Å²) in [5.74, 6) is -1.33. The van der Waals surface area contributed by atoms with Crippen molar-refractivity contribution in [2.45, 2.75) is 6.92 Å². The molecule has 2 amide bonds. The molecule has 0 atom stereocenters. The van der Waals surface area contributed by atoms with Crippen LogP contribution < -0.4 is 0 Å². The molecule has 1 aliphatic rings. The number of aryl methyl sites for hydroxylation is 1. The van der Waals surface area contributed by atoms with Gasteiger partial charge in [-0.25, -0.2) is 0 Å². The van der Waals surface area contributed by atoms with E-state index < -0.39 is 11.8 Å². The minimum Gasteiger partial charge on any atom is -0.291 e. The van der Waals surface area contributed by atoms with Crippen LogP contribution in [0.4, 0.5) is 0 Å². The minimum absolute atomic E-state index is 0.176. The van der Waals surface area contributed by atoms with Gasteiger partial charge in [0.25, 0.3) is 11.8 Å². The van der Waals surface area contributed by atoms with E-state index in [-0.39, 0.29) is 33.5 Å². The van der Waals surface area contributed by atoms with Gasteiger partial charge in [0.2, 0.25) is 0 Å². The molecular weight excluding hydrogens is 345 g/mol. The Balaban J connectivity index is 1.89. The molecule has 112 valence electrons. The lowest BCUT2D eigenvalue weighted by Crippen LogP contribution is -2.34. The van der Waals surface area contributed by atoms with E-state index in [2.05, 4.69) is 0 Å². The first-order valence-electron chi connectivity index (χ1n) is 6.33. The number of thiophene rings is 1. The van der Waals surface area contributed by atoms with E-state index in [1.54, 1.807) is 6.07 Å². The van der Waals surface area contributed by atoms with Crippen LogP contribution in [-0.4, -0.2) is 29.0 Å². The predicted molar refractivity (Wildman–Crippen MR) is 85.2 cm³/mol. The van der Waals surface area contributed by atoms with Crippen LogP contribution in [0.1, 0.15) is 35.3 Å². The number of halogens is 2. The van der Waals surface area contributed by atoms with E-state index in [4.69, 9.17) is 23.2 Å². The summed E-state index contributed by atoms with van der Waals surface area (Å²) in [6.07, 6.45) is 0. The van der Waals surface area contributed by atoms with E-state index in [0.29, 0.717) is 4.88 Å². The van der Waals surface area contributed by atoms with Gasteiger partial charge in [0, 0.05) is 4.88 Å². The van der Waals surface area contributed by atoms with E-state index in [9.17, 15) is 14.4 Å². The minimum atomic E-state index is -0.528. The lowest BCUT2D eigenvalue weighted by molar-refractivity contribution is 0.0625. The van der Waals surface area contributed by atoms with Crippen molar-refractivity contribution < 1.29 is 14.4 Å². The molecule has 7 heteroatoms. The molecule has 1 aromatic heterocycles. The largest absolute Gasteiger partial charge is 0.291 e. The van der Waals surface area contributed by atoms with Gasteiger partial charge in [-0.15, -0.1) is 11.3 Å². The molecule has 2 heterocycles. The van der Waals surface area contributed by atoms with Gasteiger partial charge in [0.05, 0.1) is 32.6 Å². The third-order valence-corrected chi connectivity index (χ3v) is 5.09. The van der Waals surface area contributed by atoms with Gasteiger partial charge in [0.15, 0.2) is 5.78 Å². The third-order valence-electron chi connectivity index (χ3n) is 3.33. The number of carbonyl (C=O) groups is 3. The topological polar surface area (TPSA) is 54.5 Å². The number of Topliss-reactive ketones (excluding diaryl/α,β-unsaturated/α-hetero) is 1. The zero-order valence-electron chi connectivity index (χ0n) is 11.4. The number of imide groups is 1. The van der Waals surface area contributed by atoms with Crippen LogP contribution >= 0.6 is 34.5 Å². The lowest BCUT2D eigenvalue weighted by atomic mass is 10.1. The van der Waals surface area contributed by atoms with Crippen molar-refractivity contribution in [3.8, 4) is 0 Å². The first-order valence-corrected chi connectivity index (χ1v) is 7.90. The van der Waals surface area contributed by atoms with E-state index >= 15 is 0 Å². The Labute approximate surface area is 140 Å². The maximum atomic E-state index is 12.3. The van der Waals surface area contributed by atoms with E-state index in [1.165, 1.54) is 23.5 Å². The molecule has 0 spiro atoms. The summed E-state index contributed by atoms with van der Waals surface area (Å²) in [6, 6.07) is 6.23. The van der Waals surface area contributed by atoms with Gasteiger partial charge < -0.3 is 0 Å². The molecule has 0 bridgehead atoms. The van der Waals surface area contributed by atoms with Gasteiger partial charge in [-0.2, -0.15) is 0 Å². The van der Waals surface area contributed by atoms with Crippen LogP contribution in [0.25, 0.3) is 0 Å². The summed E-state index contributed by atoms with van der Waals surface area (Å²) < 4.78 is 0. The molecular formula is C15H9Cl2NO3S. The molecule has 0 aliphatic carbocycles.